The summed E-state index contributed by atoms with van der Waals surface area (Å²) in [6.45, 7) is 2.06. The monoisotopic (exact) mass is 215 g/mol. The van der Waals surface area contributed by atoms with Crippen LogP contribution in [0.2, 0.25) is 0 Å². The molecule has 1 aromatic rings. The number of aromatic carboxylic acids is 1. The minimum atomic E-state index is -1.15. The molecule has 0 amide bonds. The third kappa shape index (κ3) is 3.65. The number of aromatic nitrogens is 3. The van der Waals surface area contributed by atoms with Crippen LogP contribution in [0.5, 0.6) is 0 Å². The molecule has 0 bridgehead atoms. The molecule has 1 rings (SSSR count). The number of alkyl halides is 1. The zero-order valence-corrected chi connectivity index (χ0v) is 8.56. The average Bonchev–Trinajstić information content (AvgIpc) is 2.63. The number of nitrogens with zero attached hydrogens (tertiary/aromatic N) is 3. The van der Waals surface area contributed by atoms with E-state index >= 15 is 0 Å². The average molecular weight is 215 g/mol. The number of hydrogen-bond acceptors (Lipinski definition) is 3. The lowest BCUT2D eigenvalue weighted by Crippen LogP contribution is -2.12. The van der Waals surface area contributed by atoms with E-state index in [0.717, 1.165) is 12.8 Å². The predicted molar refractivity (Wildman–Crippen MR) is 51.4 cm³/mol. The Labute approximate surface area is 86.9 Å². The van der Waals surface area contributed by atoms with E-state index < -0.39 is 12.1 Å². The Kier molecular flexibility index (Phi) is 4.20. The SMILES string of the molecule is CCCCC(F)Cn1cc(C(=O)O)nn1. The van der Waals surface area contributed by atoms with Crippen LogP contribution in [0.4, 0.5) is 4.39 Å². The van der Waals surface area contributed by atoms with Gasteiger partial charge in [-0.1, -0.05) is 25.0 Å². The normalized spacial score (nSPS) is 12.7. The molecule has 0 radical (unpaired) electrons. The van der Waals surface area contributed by atoms with E-state index in [-0.39, 0.29) is 12.2 Å². The zero-order chi connectivity index (χ0) is 11.3. The first-order valence-electron chi connectivity index (χ1n) is 4.91. The van der Waals surface area contributed by atoms with Crippen LogP contribution in [0.15, 0.2) is 6.20 Å². The van der Waals surface area contributed by atoms with Crippen LogP contribution in [0, 0.1) is 0 Å². The number of carboxylic acids is 1. The zero-order valence-electron chi connectivity index (χ0n) is 8.56. The van der Waals surface area contributed by atoms with E-state index in [1.165, 1.54) is 10.9 Å². The number of unbranched alkanes of at least 4 members (excludes halogenated alkanes) is 1. The van der Waals surface area contributed by atoms with Crippen molar-refractivity contribution in [3.63, 3.8) is 0 Å². The molecule has 6 heteroatoms. The van der Waals surface area contributed by atoms with Crippen molar-refractivity contribution in [2.75, 3.05) is 0 Å². The molecule has 1 N–H and O–H groups in total. The minimum absolute atomic E-state index is 0.0697. The maximum absolute atomic E-state index is 13.2. The number of carboxylic acid groups (broad SMARTS) is 1. The minimum Gasteiger partial charge on any atom is -0.476 e. The van der Waals surface area contributed by atoms with Gasteiger partial charge < -0.3 is 5.11 Å². The van der Waals surface area contributed by atoms with Gasteiger partial charge in [0.1, 0.15) is 6.17 Å². The molecule has 0 spiro atoms. The summed E-state index contributed by atoms with van der Waals surface area (Å²) in [5.74, 6) is -1.15. The Bertz CT molecular complexity index is 327. The second-order valence-corrected chi connectivity index (χ2v) is 3.37. The topological polar surface area (TPSA) is 68.0 Å². The lowest BCUT2D eigenvalue weighted by molar-refractivity contribution is 0.0690. The lowest BCUT2D eigenvalue weighted by atomic mass is 10.2. The molecule has 0 saturated carbocycles. The van der Waals surface area contributed by atoms with Crippen molar-refractivity contribution in [3.05, 3.63) is 11.9 Å². The van der Waals surface area contributed by atoms with Crippen molar-refractivity contribution in [2.24, 2.45) is 0 Å². The first-order valence-corrected chi connectivity index (χ1v) is 4.91. The van der Waals surface area contributed by atoms with E-state index in [1.807, 2.05) is 6.92 Å². The third-order valence-corrected chi connectivity index (χ3v) is 2.01. The van der Waals surface area contributed by atoms with Gasteiger partial charge in [-0.05, 0) is 6.42 Å². The highest BCUT2D eigenvalue weighted by Crippen LogP contribution is 2.07. The van der Waals surface area contributed by atoms with E-state index in [2.05, 4.69) is 10.3 Å². The number of halogens is 1. The van der Waals surface area contributed by atoms with E-state index in [1.54, 1.807) is 0 Å². The summed E-state index contributed by atoms with van der Waals surface area (Å²) in [7, 11) is 0. The van der Waals surface area contributed by atoms with Crippen molar-refractivity contribution in [2.45, 2.75) is 38.9 Å². The lowest BCUT2D eigenvalue weighted by Gasteiger charge is -2.05. The molecule has 0 aromatic carbocycles. The van der Waals surface area contributed by atoms with E-state index in [4.69, 9.17) is 5.11 Å². The largest absolute Gasteiger partial charge is 0.476 e. The fourth-order valence-corrected chi connectivity index (χ4v) is 1.21. The van der Waals surface area contributed by atoms with Crippen molar-refractivity contribution in [3.8, 4) is 0 Å². The van der Waals surface area contributed by atoms with Crippen molar-refractivity contribution >= 4 is 5.97 Å². The summed E-state index contributed by atoms with van der Waals surface area (Å²) in [6, 6.07) is 0. The van der Waals surface area contributed by atoms with Crippen molar-refractivity contribution in [1.82, 2.24) is 15.0 Å². The highest BCUT2D eigenvalue weighted by Gasteiger charge is 2.11. The molecule has 0 fully saturated rings. The maximum atomic E-state index is 13.2. The Morgan fingerprint density at radius 3 is 3.00 bits per heavy atom. The van der Waals surface area contributed by atoms with Gasteiger partial charge in [0, 0.05) is 0 Å². The highest BCUT2D eigenvalue weighted by atomic mass is 19.1. The quantitative estimate of drug-likeness (QED) is 0.780. The number of rotatable bonds is 6. The summed E-state index contributed by atoms with van der Waals surface area (Å²) in [5, 5.41) is 15.5. The summed E-state index contributed by atoms with van der Waals surface area (Å²) >= 11 is 0. The second kappa shape index (κ2) is 5.43. The molecule has 0 aliphatic carbocycles. The van der Waals surface area contributed by atoms with Gasteiger partial charge in [-0.3, -0.25) is 0 Å². The van der Waals surface area contributed by atoms with Crippen LogP contribution in [-0.4, -0.2) is 32.2 Å². The standard InChI is InChI=1S/C9H14FN3O2/c1-2-3-4-7(10)5-13-6-8(9(14)15)11-12-13/h6-7H,2-5H2,1H3,(H,14,15). The first-order chi connectivity index (χ1) is 7.13. The van der Waals surface area contributed by atoms with Crippen LogP contribution in [0.3, 0.4) is 0 Å². The van der Waals surface area contributed by atoms with E-state index in [9.17, 15) is 9.18 Å². The fourth-order valence-electron chi connectivity index (χ4n) is 1.21. The fraction of sp³-hybridized carbons (Fsp3) is 0.667. The van der Waals surface area contributed by atoms with Crippen LogP contribution in [0.1, 0.15) is 36.7 Å². The smallest absolute Gasteiger partial charge is 0.358 e. The molecule has 84 valence electrons. The molecule has 0 aliphatic heterocycles. The summed E-state index contributed by atoms with van der Waals surface area (Å²) in [6.07, 6.45) is 2.48. The van der Waals surface area contributed by atoms with Crippen LogP contribution >= 0.6 is 0 Å². The molecule has 1 heterocycles. The molecule has 15 heavy (non-hydrogen) atoms. The van der Waals surface area contributed by atoms with Crippen LogP contribution < -0.4 is 0 Å². The molecule has 5 nitrogen and oxygen atoms in total. The summed E-state index contributed by atoms with van der Waals surface area (Å²) < 4.78 is 14.5. The van der Waals surface area contributed by atoms with Crippen molar-refractivity contribution in [1.29, 1.82) is 0 Å². The summed E-state index contributed by atoms with van der Waals surface area (Å²) in [4.78, 5) is 10.5. The first kappa shape index (κ1) is 11.6. The third-order valence-electron chi connectivity index (χ3n) is 2.01. The van der Waals surface area contributed by atoms with Gasteiger partial charge in [0.25, 0.3) is 0 Å². The van der Waals surface area contributed by atoms with Crippen molar-refractivity contribution < 1.29 is 14.3 Å². The van der Waals surface area contributed by atoms with Gasteiger partial charge in [-0.2, -0.15) is 0 Å². The second-order valence-electron chi connectivity index (χ2n) is 3.37. The molecule has 0 saturated heterocycles. The Balaban J connectivity index is 2.46. The highest BCUT2D eigenvalue weighted by molar-refractivity contribution is 5.84. The van der Waals surface area contributed by atoms with Gasteiger partial charge >= 0.3 is 5.97 Å². The van der Waals surface area contributed by atoms with E-state index in [0.29, 0.717) is 6.42 Å². The van der Waals surface area contributed by atoms with Crippen LogP contribution in [0.25, 0.3) is 0 Å². The Morgan fingerprint density at radius 2 is 2.47 bits per heavy atom. The molecule has 1 unspecified atom stereocenters. The molecular formula is C9H14FN3O2. The van der Waals surface area contributed by atoms with Gasteiger partial charge in [0.2, 0.25) is 0 Å². The van der Waals surface area contributed by atoms with Gasteiger partial charge in [-0.25, -0.2) is 13.9 Å². The molecule has 1 aromatic heterocycles. The predicted octanol–water partition coefficient (Wildman–Crippen LogP) is 1.50. The van der Waals surface area contributed by atoms with Crippen LogP contribution in [-0.2, 0) is 6.54 Å². The maximum Gasteiger partial charge on any atom is 0.358 e. The molecule has 0 aliphatic rings. The Hall–Kier alpha value is -1.46. The molecule has 1 atom stereocenters. The van der Waals surface area contributed by atoms with Gasteiger partial charge in [0.15, 0.2) is 5.69 Å². The number of carbonyl (C=O) groups is 1. The summed E-state index contributed by atoms with van der Waals surface area (Å²) in [5.41, 5.74) is -0.155. The van der Waals surface area contributed by atoms with Gasteiger partial charge in [-0.15, -0.1) is 5.10 Å². The number of hydrogen-bond donors (Lipinski definition) is 1. The molecular weight excluding hydrogens is 201 g/mol. The van der Waals surface area contributed by atoms with Gasteiger partial charge in [0.05, 0.1) is 12.7 Å². The Morgan fingerprint density at radius 1 is 1.73 bits per heavy atom.